The van der Waals surface area contributed by atoms with Gasteiger partial charge in [0.05, 0.1) is 18.1 Å². The van der Waals surface area contributed by atoms with E-state index in [9.17, 15) is 20.0 Å². The molecule has 0 aliphatic heterocycles. The Morgan fingerprint density at radius 1 is 1.29 bits per heavy atom. The summed E-state index contributed by atoms with van der Waals surface area (Å²) < 4.78 is 9.84. The zero-order valence-corrected chi connectivity index (χ0v) is 11.9. The van der Waals surface area contributed by atoms with Crippen LogP contribution in [-0.2, 0) is 9.47 Å². The van der Waals surface area contributed by atoms with Gasteiger partial charge in [-0.2, -0.15) is 0 Å². The minimum Gasteiger partial charge on any atom is -0.508 e. The maximum atomic E-state index is 12.4. The van der Waals surface area contributed by atoms with E-state index in [2.05, 4.69) is 0 Å². The number of carbonyl (C=O) groups excluding carboxylic acids is 1. The summed E-state index contributed by atoms with van der Waals surface area (Å²) in [5.74, 6) is -0.755. The van der Waals surface area contributed by atoms with Gasteiger partial charge in [0.15, 0.2) is 0 Å². The van der Waals surface area contributed by atoms with E-state index >= 15 is 0 Å². The van der Waals surface area contributed by atoms with Gasteiger partial charge >= 0.3 is 0 Å². The molecular weight excluding hydrogens is 280 g/mol. The maximum absolute atomic E-state index is 12.4. The van der Waals surface area contributed by atoms with Crippen LogP contribution in [0.4, 0.5) is 5.69 Å². The van der Waals surface area contributed by atoms with Gasteiger partial charge in [0.2, 0.25) is 0 Å². The van der Waals surface area contributed by atoms with E-state index < -0.39 is 10.8 Å². The van der Waals surface area contributed by atoms with Gasteiger partial charge in [-0.1, -0.05) is 0 Å². The molecule has 1 aromatic rings. The van der Waals surface area contributed by atoms with Crippen LogP contribution in [0.25, 0.3) is 0 Å². The predicted octanol–water partition coefficient (Wildman–Crippen LogP) is 1.04. The lowest BCUT2D eigenvalue weighted by Gasteiger charge is -2.22. The van der Waals surface area contributed by atoms with Crippen LogP contribution in [0.2, 0.25) is 0 Å². The van der Waals surface area contributed by atoms with Gasteiger partial charge < -0.3 is 19.5 Å². The van der Waals surface area contributed by atoms with Crippen LogP contribution in [0, 0.1) is 10.1 Å². The normalized spacial score (nSPS) is 10.4. The van der Waals surface area contributed by atoms with E-state index in [1.165, 1.54) is 25.2 Å². The average Bonchev–Trinajstić information content (AvgIpc) is 2.46. The Labute approximate surface area is 122 Å². The van der Waals surface area contributed by atoms with Crippen molar-refractivity contribution in [1.82, 2.24) is 4.90 Å². The van der Waals surface area contributed by atoms with Crippen LogP contribution in [0.3, 0.4) is 0 Å². The number of aromatic hydroxyl groups is 1. The van der Waals surface area contributed by atoms with E-state index in [4.69, 9.17) is 9.47 Å². The number of amides is 1. The summed E-state index contributed by atoms with van der Waals surface area (Å²) in [5, 5.41) is 20.5. The molecule has 0 spiro atoms. The van der Waals surface area contributed by atoms with Crippen LogP contribution in [0.15, 0.2) is 18.2 Å². The number of rotatable bonds is 8. The second-order valence-corrected chi connectivity index (χ2v) is 4.24. The molecule has 0 radical (unpaired) electrons. The monoisotopic (exact) mass is 298 g/mol. The highest BCUT2D eigenvalue weighted by Crippen LogP contribution is 2.24. The lowest BCUT2D eigenvalue weighted by molar-refractivity contribution is -0.385. The van der Waals surface area contributed by atoms with E-state index in [1.54, 1.807) is 0 Å². The first kappa shape index (κ1) is 16.9. The van der Waals surface area contributed by atoms with Crippen molar-refractivity contribution in [3.05, 3.63) is 33.9 Å². The quantitative estimate of drug-likeness (QED) is 0.568. The SMILES string of the molecule is COCCN(CCOC)C(=O)c1cc(O)ccc1[N+](=O)[O-]. The Balaban J connectivity index is 3.06. The number of phenolic OH excluding ortho intramolecular Hbond substituents is 1. The molecule has 0 atom stereocenters. The molecule has 0 unspecified atom stereocenters. The van der Waals surface area contributed by atoms with Gasteiger partial charge in [0.25, 0.3) is 11.6 Å². The fourth-order valence-corrected chi connectivity index (χ4v) is 1.74. The molecule has 1 N–H and O–H groups in total. The fourth-order valence-electron chi connectivity index (χ4n) is 1.74. The summed E-state index contributed by atoms with van der Waals surface area (Å²) in [4.78, 5) is 24.2. The summed E-state index contributed by atoms with van der Waals surface area (Å²) in [5.41, 5.74) is -0.509. The Bertz CT molecular complexity index is 497. The van der Waals surface area contributed by atoms with Crippen LogP contribution >= 0.6 is 0 Å². The smallest absolute Gasteiger partial charge is 0.282 e. The zero-order valence-electron chi connectivity index (χ0n) is 11.9. The molecule has 0 aliphatic rings. The number of phenols is 1. The topological polar surface area (TPSA) is 102 Å². The van der Waals surface area contributed by atoms with Gasteiger partial charge in [-0.3, -0.25) is 14.9 Å². The number of nitrogens with zero attached hydrogens (tertiary/aromatic N) is 2. The molecule has 0 heterocycles. The molecule has 0 saturated heterocycles. The third-order valence-corrected chi connectivity index (χ3v) is 2.83. The minimum atomic E-state index is -0.655. The highest BCUT2D eigenvalue weighted by molar-refractivity contribution is 5.98. The van der Waals surface area contributed by atoms with Crippen molar-refractivity contribution in [2.45, 2.75) is 0 Å². The van der Waals surface area contributed by atoms with E-state index in [0.29, 0.717) is 13.2 Å². The number of hydrogen-bond acceptors (Lipinski definition) is 6. The third-order valence-electron chi connectivity index (χ3n) is 2.83. The molecule has 0 fully saturated rings. The molecule has 1 aromatic carbocycles. The minimum absolute atomic E-state index is 0.160. The van der Waals surface area contributed by atoms with E-state index in [-0.39, 0.29) is 30.1 Å². The number of hydrogen-bond donors (Lipinski definition) is 1. The fraction of sp³-hybridized carbons (Fsp3) is 0.462. The molecule has 21 heavy (non-hydrogen) atoms. The second kappa shape index (κ2) is 8.18. The van der Waals surface area contributed by atoms with Crippen molar-refractivity contribution in [2.24, 2.45) is 0 Å². The Kier molecular flexibility index (Phi) is 6.57. The van der Waals surface area contributed by atoms with Crippen LogP contribution in [0.1, 0.15) is 10.4 Å². The van der Waals surface area contributed by atoms with Gasteiger partial charge in [-0.25, -0.2) is 0 Å². The van der Waals surface area contributed by atoms with Crippen molar-refractivity contribution in [1.29, 1.82) is 0 Å². The summed E-state index contributed by atoms with van der Waals surface area (Å²) in [6.45, 7) is 1.13. The lowest BCUT2D eigenvalue weighted by Crippen LogP contribution is -2.36. The van der Waals surface area contributed by atoms with Crippen molar-refractivity contribution < 1.29 is 24.3 Å². The van der Waals surface area contributed by atoms with E-state index in [1.807, 2.05) is 0 Å². The van der Waals surface area contributed by atoms with Crippen LogP contribution < -0.4 is 0 Å². The standard InChI is InChI=1S/C13H18N2O6/c1-20-7-5-14(6-8-21-2)13(17)11-9-10(16)3-4-12(11)15(18)19/h3-4,9,16H,5-8H2,1-2H3. The molecule has 0 bridgehead atoms. The van der Waals surface area contributed by atoms with Gasteiger partial charge in [0, 0.05) is 33.4 Å². The molecule has 0 aromatic heterocycles. The van der Waals surface area contributed by atoms with Gasteiger partial charge in [0.1, 0.15) is 11.3 Å². The van der Waals surface area contributed by atoms with Crippen LogP contribution in [0.5, 0.6) is 5.75 Å². The molecule has 116 valence electrons. The van der Waals surface area contributed by atoms with Crippen molar-refractivity contribution in [3.63, 3.8) is 0 Å². The summed E-state index contributed by atoms with van der Waals surface area (Å²) in [6.07, 6.45) is 0. The van der Waals surface area contributed by atoms with E-state index in [0.717, 1.165) is 12.1 Å². The van der Waals surface area contributed by atoms with Crippen molar-refractivity contribution >= 4 is 11.6 Å². The van der Waals surface area contributed by atoms with Crippen molar-refractivity contribution in [2.75, 3.05) is 40.5 Å². The number of carbonyl (C=O) groups is 1. The Morgan fingerprint density at radius 3 is 2.33 bits per heavy atom. The highest BCUT2D eigenvalue weighted by atomic mass is 16.6. The highest BCUT2D eigenvalue weighted by Gasteiger charge is 2.25. The first-order valence-electron chi connectivity index (χ1n) is 6.25. The summed E-state index contributed by atoms with van der Waals surface area (Å²) in [6, 6.07) is 3.37. The van der Waals surface area contributed by atoms with Gasteiger partial charge in [-0.15, -0.1) is 0 Å². The first-order chi connectivity index (χ1) is 10.0. The number of methoxy groups -OCH3 is 2. The third kappa shape index (κ3) is 4.69. The predicted molar refractivity (Wildman–Crippen MR) is 74.4 cm³/mol. The summed E-state index contributed by atoms with van der Waals surface area (Å²) in [7, 11) is 2.99. The lowest BCUT2D eigenvalue weighted by atomic mass is 10.1. The molecular formula is C13H18N2O6. The number of benzene rings is 1. The molecule has 1 rings (SSSR count). The molecule has 8 nitrogen and oxygen atoms in total. The number of nitro groups is 1. The number of nitro benzene ring substituents is 1. The first-order valence-corrected chi connectivity index (χ1v) is 6.25. The number of ether oxygens (including phenoxy) is 2. The van der Waals surface area contributed by atoms with Gasteiger partial charge in [-0.05, 0) is 12.1 Å². The van der Waals surface area contributed by atoms with Crippen LogP contribution in [-0.4, -0.2) is 61.4 Å². The molecule has 0 aliphatic carbocycles. The molecule has 8 heteroatoms. The second-order valence-electron chi connectivity index (χ2n) is 4.24. The largest absolute Gasteiger partial charge is 0.508 e. The molecule has 0 saturated carbocycles. The Morgan fingerprint density at radius 2 is 1.86 bits per heavy atom. The average molecular weight is 298 g/mol. The maximum Gasteiger partial charge on any atom is 0.282 e. The Hall–Kier alpha value is -2.19. The zero-order chi connectivity index (χ0) is 15.8. The summed E-state index contributed by atoms with van der Waals surface area (Å²) >= 11 is 0. The van der Waals surface area contributed by atoms with Crippen molar-refractivity contribution in [3.8, 4) is 5.75 Å². The molecule has 1 amide bonds.